The highest BCUT2D eigenvalue weighted by atomic mass is 15.3. The zero-order valence-corrected chi connectivity index (χ0v) is 10.9. The van der Waals surface area contributed by atoms with Gasteiger partial charge in [-0.25, -0.2) is 4.98 Å². The predicted molar refractivity (Wildman–Crippen MR) is 72.7 cm³/mol. The van der Waals surface area contributed by atoms with Crippen LogP contribution in [0, 0.1) is 13.8 Å². The molecule has 2 aromatic heterocycles. The Morgan fingerprint density at radius 1 is 1.11 bits per heavy atom. The van der Waals surface area contributed by atoms with E-state index in [1.54, 1.807) is 0 Å². The number of aromatic nitrogens is 4. The van der Waals surface area contributed by atoms with Crippen LogP contribution in [-0.4, -0.2) is 19.6 Å². The summed E-state index contributed by atoms with van der Waals surface area (Å²) in [5.41, 5.74) is 9.01. The first-order chi connectivity index (χ1) is 9.16. The normalized spacial score (nSPS) is 12.8. The molecule has 0 spiro atoms. The minimum atomic E-state index is -0.306. The molecule has 0 saturated heterocycles. The summed E-state index contributed by atoms with van der Waals surface area (Å²) >= 11 is 0. The Morgan fingerprint density at radius 3 is 2.58 bits per heavy atom. The van der Waals surface area contributed by atoms with Crippen LogP contribution in [0.5, 0.6) is 0 Å². The maximum Gasteiger partial charge on any atom is 0.164 e. The molecule has 1 unspecified atom stereocenters. The van der Waals surface area contributed by atoms with Crippen LogP contribution in [0.1, 0.15) is 28.9 Å². The fourth-order valence-corrected chi connectivity index (χ4v) is 2.27. The third-order valence-electron chi connectivity index (χ3n) is 3.15. The second kappa shape index (κ2) is 4.44. The van der Waals surface area contributed by atoms with Gasteiger partial charge in [-0.3, -0.25) is 4.40 Å². The van der Waals surface area contributed by atoms with E-state index in [0.717, 1.165) is 22.7 Å². The molecule has 5 nitrogen and oxygen atoms in total. The van der Waals surface area contributed by atoms with Crippen molar-refractivity contribution in [1.29, 1.82) is 0 Å². The second-order valence-electron chi connectivity index (χ2n) is 4.58. The van der Waals surface area contributed by atoms with Crippen LogP contribution in [0.25, 0.3) is 5.65 Å². The molecular formula is C14H15N5. The van der Waals surface area contributed by atoms with E-state index in [1.165, 1.54) is 0 Å². The molecule has 0 aliphatic rings. The SMILES string of the molecule is Cc1cc2nnc(C(N)c3ccccc3)n2c(C)n1. The van der Waals surface area contributed by atoms with Gasteiger partial charge in [0.2, 0.25) is 0 Å². The summed E-state index contributed by atoms with van der Waals surface area (Å²) < 4.78 is 1.91. The first-order valence-electron chi connectivity index (χ1n) is 6.16. The van der Waals surface area contributed by atoms with Crippen LogP contribution in [-0.2, 0) is 0 Å². The van der Waals surface area contributed by atoms with Crippen LogP contribution in [0.15, 0.2) is 36.4 Å². The van der Waals surface area contributed by atoms with Crippen molar-refractivity contribution in [2.75, 3.05) is 0 Å². The van der Waals surface area contributed by atoms with Gasteiger partial charge in [-0.05, 0) is 19.4 Å². The summed E-state index contributed by atoms with van der Waals surface area (Å²) in [5, 5.41) is 8.40. The average Bonchev–Trinajstić information content (AvgIpc) is 2.83. The van der Waals surface area contributed by atoms with Crippen molar-refractivity contribution in [2.45, 2.75) is 19.9 Å². The Hall–Kier alpha value is -2.27. The molecule has 3 rings (SSSR count). The van der Waals surface area contributed by atoms with Crippen LogP contribution < -0.4 is 5.73 Å². The first-order valence-corrected chi connectivity index (χ1v) is 6.16. The molecule has 1 aromatic carbocycles. The van der Waals surface area contributed by atoms with Gasteiger partial charge in [0.05, 0.1) is 6.04 Å². The van der Waals surface area contributed by atoms with E-state index >= 15 is 0 Å². The summed E-state index contributed by atoms with van der Waals surface area (Å²) in [4.78, 5) is 4.44. The van der Waals surface area contributed by atoms with Crippen LogP contribution in [0.2, 0.25) is 0 Å². The maximum atomic E-state index is 6.28. The highest BCUT2D eigenvalue weighted by Gasteiger charge is 2.17. The van der Waals surface area contributed by atoms with E-state index in [4.69, 9.17) is 5.73 Å². The van der Waals surface area contributed by atoms with Gasteiger partial charge in [0.1, 0.15) is 5.82 Å². The minimum Gasteiger partial charge on any atom is -0.318 e. The van der Waals surface area contributed by atoms with Crippen molar-refractivity contribution in [2.24, 2.45) is 5.73 Å². The predicted octanol–water partition coefficient (Wildman–Crippen LogP) is 1.79. The molecule has 19 heavy (non-hydrogen) atoms. The average molecular weight is 253 g/mol. The van der Waals surface area contributed by atoms with Crippen LogP contribution in [0.3, 0.4) is 0 Å². The fraction of sp³-hybridized carbons (Fsp3) is 0.214. The second-order valence-corrected chi connectivity index (χ2v) is 4.58. The number of hydrogen-bond donors (Lipinski definition) is 1. The van der Waals surface area contributed by atoms with Crippen LogP contribution in [0.4, 0.5) is 0 Å². The molecule has 1 atom stereocenters. The Bertz CT molecular complexity index is 717. The summed E-state index contributed by atoms with van der Waals surface area (Å²) in [6, 6.07) is 11.5. The zero-order chi connectivity index (χ0) is 13.4. The molecule has 0 radical (unpaired) electrons. The number of benzene rings is 1. The molecule has 0 fully saturated rings. The van der Waals surface area contributed by atoms with Gasteiger partial charge in [-0.2, -0.15) is 0 Å². The van der Waals surface area contributed by atoms with E-state index in [2.05, 4.69) is 15.2 Å². The summed E-state index contributed by atoms with van der Waals surface area (Å²) in [7, 11) is 0. The summed E-state index contributed by atoms with van der Waals surface area (Å²) in [6.45, 7) is 3.88. The summed E-state index contributed by atoms with van der Waals surface area (Å²) in [6.07, 6.45) is 0. The van der Waals surface area contributed by atoms with Gasteiger partial charge in [0.15, 0.2) is 11.5 Å². The van der Waals surface area contributed by atoms with Crippen molar-refractivity contribution in [3.8, 4) is 0 Å². The minimum absolute atomic E-state index is 0.306. The van der Waals surface area contributed by atoms with Gasteiger partial charge in [-0.15, -0.1) is 10.2 Å². The highest BCUT2D eigenvalue weighted by molar-refractivity contribution is 5.41. The lowest BCUT2D eigenvalue weighted by molar-refractivity contribution is 0.749. The molecular weight excluding hydrogens is 238 g/mol. The molecule has 0 aliphatic heterocycles. The topological polar surface area (TPSA) is 69.1 Å². The lowest BCUT2D eigenvalue weighted by Crippen LogP contribution is -2.16. The Morgan fingerprint density at radius 2 is 1.84 bits per heavy atom. The zero-order valence-electron chi connectivity index (χ0n) is 10.9. The number of rotatable bonds is 2. The summed E-state index contributed by atoms with van der Waals surface area (Å²) in [5.74, 6) is 1.56. The number of nitrogens with two attached hydrogens (primary N) is 1. The molecule has 0 saturated carbocycles. The number of aryl methyl sites for hydroxylation is 2. The third-order valence-corrected chi connectivity index (χ3v) is 3.15. The standard InChI is InChI=1S/C14H15N5/c1-9-8-12-17-18-14(19(12)10(2)16-9)13(15)11-6-4-3-5-7-11/h3-8,13H,15H2,1-2H3. The maximum absolute atomic E-state index is 6.28. The van der Waals surface area contributed by atoms with Crippen molar-refractivity contribution >= 4 is 5.65 Å². The van der Waals surface area contributed by atoms with Crippen molar-refractivity contribution in [3.05, 3.63) is 59.3 Å². The monoisotopic (exact) mass is 253 g/mol. The van der Waals surface area contributed by atoms with Gasteiger partial charge < -0.3 is 5.73 Å². The number of fused-ring (bicyclic) bond motifs is 1. The quantitative estimate of drug-likeness (QED) is 0.756. The van der Waals surface area contributed by atoms with Gasteiger partial charge in [-0.1, -0.05) is 30.3 Å². The Kier molecular flexibility index (Phi) is 2.76. The van der Waals surface area contributed by atoms with E-state index in [0.29, 0.717) is 5.82 Å². The van der Waals surface area contributed by atoms with Crippen molar-refractivity contribution < 1.29 is 0 Å². The lowest BCUT2D eigenvalue weighted by Gasteiger charge is -2.11. The van der Waals surface area contributed by atoms with Crippen LogP contribution >= 0.6 is 0 Å². The largest absolute Gasteiger partial charge is 0.318 e. The molecule has 2 N–H and O–H groups in total. The van der Waals surface area contributed by atoms with Gasteiger partial charge in [0.25, 0.3) is 0 Å². The molecule has 3 aromatic rings. The molecule has 96 valence electrons. The molecule has 0 bridgehead atoms. The van der Waals surface area contributed by atoms with Gasteiger partial charge >= 0.3 is 0 Å². The van der Waals surface area contributed by atoms with E-state index < -0.39 is 0 Å². The van der Waals surface area contributed by atoms with Gasteiger partial charge in [0, 0.05) is 11.8 Å². The fourth-order valence-electron chi connectivity index (χ4n) is 2.27. The van der Waals surface area contributed by atoms with Crippen molar-refractivity contribution in [3.63, 3.8) is 0 Å². The van der Waals surface area contributed by atoms with E-state index in [-0.39, 0.29) is 6.04 Å². The number of nitrogens with zero attached hydrogens (tertiary/aromatic N) is 4. The molecule has 0 aliphatic carbocycles. The lowest BCUT2D eigenvalue weighted by atomic mass is 10.1. The van der Waals surface area contributed by atoms with Crippen molar-refractivity contribution in [1.82, 2.24) is 19.6 Å². The molecule has 2 heterocycles. The Labute approximate surface area is 111 Å². The van der Waals surface area contributed by atoms with E-state index in [9.17, 15) is 0 Å². The highest BCUT2D eigenvalue weighted by Crippen LogP contribution is 2.19. The Balaban J connectivity index is 2.16. The smallest absolute Gasteiger partial charge is 0.164 e. The third kappa shape index (κ3) is 1.98. The molecule has 5 heteroatoms. The van der Waals surface area contributed by atoms with E-state index in [1.807, 2.05) is 54.6 Å². The first kappa shape index (κ1) is 11.8. The molecule has 0 amide bonds. The number of hydrogen-bond acceptors (Lipinski definition) is 4.